The van der Waals surface area contributed by atoms with Gasteiger partial charge < -0.3 is 24.8 Å². The van der Waals surface area contributed by atoms with Crippen molar-refractivity contribution in [2.75, 3.05) is 56.1 Å². The fraction of sp³-hybridized carbons (Fsp3) is 0.452. The zero-order valence-corrected chi connectivity index (χ0v) is 28.9. The molecule has 0 radical (unpaired) electrons. The van der Waals surface area contributed by atoms with Crippen molar-refractivity contribution in [2.24, 2.45) is 0 Å². The fourth-order valence-corrected chi connectivity index (χ4v) is 7.79. The van der Waals surface area contributed by atoms with Gasteiger partial charge in [-0.15, -0.1) is 0 Å². The number of hydrogen-bond acceptors (Lipinski definition) is 8. The van der Waals surface area contributed by atoms with Crippen LogP contribution in [0.4, 0.5) is 11.5 Å². The number of carbonyl (C=O) groups is 1. The van der Waals surface area contributed by atoms with E-state index in [2.05, 4.69) is 27.1 Å². The van der Waals surface area contributed by atoms with Crippen LogP contribution in [-0.2, 0) is 16.6 Å². The van der Waals surface area contributed by atoms with Crippen molar-refractivity contribution in [2.45, 2.75) is 42.9 Å². The van der Waals surface area contributed by atoms with Crippen LogP contribution < -0.4 is 24.8 Å². The number of sulfonamides is 1. The molecular weight excluding hydrogens is 695 g/mol. The van der Waals surface area contributed by atoms with E-state index in [1.165, 1.54) is 11.4 Å². The molecule has 4 heterocycles. The molecular formula is C31H39IN6O5S. The summed E-state index contributed by atoms with van der Waals surface area (Å²) >= 11 is 1.94. The highest BCUT2D eigenvalue weighted by Gasteiger charge is 2.43. The quantitative estimate of drug-likeness (QED) is 0.264. The van der Waals surface area contributed by atoms with Gasteiger partial charge >= 0.3 is 0 Å². The van der Waals surface area contributed by atoms with Gasteiger partial charge in [-0.05, 0) is 69.3 Å². The molecule has 11 nitrogen and oxygen atoms in total. The van der Waals surface area contributed by atoms with Gasteiger partial charge in [-0.1, -0.05) is 29.5 Å². The number of alkyl halides is 1. The monoisotopic (exact) mass is 734 g/mol. The molecule has 1 atom stereocenters. The maximum atomic E-state index is 13.9. The van der Waals surface area contributed by atoms with E-state index in [9.17, 15) is 18.0 Å². The van der Waals surface area contributed by atoms with Crippen LogP contribution in [0.1, 0.15) is 53.9 Å². The lowest BCUT2D eigenvalue weighted by Crippen LogP contribution is -2.44. The van der Waals surface area contributed by atoms with Crippen LogP contribution in [0.3, 0.4) is 0 Å². The number of nitrogens with one attached hydrogen (secondary N) is 2. The number of aromatic nitrogens is 2. The molecule has 13 heteroatoms. The number of anilines is 2. The molecule has 0 aliphatic carbocycles. The number of ether oxygens (including phenoxy) is 1. The summed E-state index contributed by atoms with van der Waals surface area (Å²) in [4.78, 5) is 38.5. The lowest BCUT2D eigenvalue weighted by atomic mass is 9.93. The highest BCUT2D eigenvalue weighted by Crippen LogP contribution is 2.45. The summed E-state index contributed by atoms with van der Waals surface area (Å²) in [5.74, 6) is 0.616. The number of carbonyl (C=O) groups excluding carboxylic acids is 1. The predicted octanol–water partition coefficient (Wildman–Crippen LogP) is 3.86. The summed E-state index contributed by atoms with van der Waals surface area (Å²) < 4.78 is 33.2. The molecule has 3 aromatic rings. The summed E-state index contributed by atoms with van der Waals surface area (Å²) in [5, 5.41) is 2.88. The van der Waals surface area contributed by atoms with Crippen molar-refractivity contribution in [1.82, 2.24) is 20.2 Å². The number of fused-ring (bicyclic) bond motifs is 1. The Labute approximate surface area is 272 Å². The first-order valence-corrected chi connectivity index (χ1v) is 17.1. The molecule has 1 amide bonds. The highest BCUT2D eigenvalue weighted by atomic mass is 127. The maximum absolute atomic E-state index is 13.9. The van der Waals surface area contributed by atoms with E-state index in [1.807, 2.05) is 47.7 Å². The summed E-state index contributed by atoms with van der Waals surface area (Å²) in [5.41, 5.74) is 3.54. The molecule has 2 aliphatic heterocycles. The number of rotatable bonds is 8. The summed E-state index contributed by atoms with van der Waals surface area (Å²) in [6.07, 6.45) is 1.77. The first-order valence-electron chi connectivity index (χ1n) is 14.5. The van der Waals surface area contributed by atoms with Crippen LogP contribution in [0.25, 0.3) is 11.1 Å². The van der Waals surface area contributed by atoms with Crippen LogP contribution >= 0.6 is 22.6 Å². The van der Waals surface area contributed by atoms with E-state index >= 15 is 0 Å². The van der Waals surface area contributed by atoms with Crippen LogP contribution in [0.2, 0.25) is 0 Å². The molecule has 1 saturated heterocycles. The minimum absolute atomic E-state index is 0.0604. The average molecular weight is 735 g/mol. The maximum Gasteiger partial charge on any atom is 0.256 e. The number of amides is 1. The minimum atomic E-state index is -3.76. The Morgan fingerprint density at radius 3 is 2.48 bits per heavy atom. The molecule has 236 valence electrons. The fourth-order valence-electron chi connectivity index (χ4n) is 5.72. The van der Waals surface area contributed by atoms with Gasteiger partial charge in [-0.2, -0.15) is 0 Å². The minimum Gasteiger partial charge on any atom is -0.496 e. The Hall–Kier alpha value is -3.17. The molecule has 5 rings (SSSR count). The average Bonchev–Trinajstić information content (AvgIpc) is 3.32. The summed E-state index contributed by atoms with van der Waals surface area (Å²) in [6.45, 7) is 10.9. The third kappa shape index (κ3) is 6.18. The van der Waals surface area contributed by atoms with E-state index in [-0.39, 0.29) is 24.6 Å². The molecule has 2 aromatic heterocycles. The van der Waals surface area contributed by atoms with Gasteiger partial charge in [0.2, 0.25) is 10.0 Å². The van der Waals surface area contributed by atoms with Gasteiger partial charge in [-0.25, -0.2) is 13.4 Å². The first-order chi connectivity index (χ1) is 20.7. The zero-order chi connectivity index (χ0) is 32.0. The van der Waals surface area contributed by atoms with Gasteiger partial charge in [-0.3, -0.25) is 13.9 Å². The number of piperazine rings is 1. The Balaban J connectivity index is 1.55. The number of hydrogen-bond donors (Lipinski definition) is 2. The Morgan fingerprint density at radius 1 is 1.16 bits per heavy atom. The topological polar surface area (TPSA) is 128 Å². The molecule has 0 saturated carbocycles. The van der Waals surface area contributed by atoms with Crippen molar-refractivity contribution < 1.29 is 17.9 Å². The molecule has 1 fully saturated rings. The normalized spacial score (nSPS) is 17.5. The number of methoxy groups -OCH3 is 1. The molecule has 0 spiro atoms. The van der Waals surface area contributed by atoms with Gasteiger partial charge in [0.1, 0.15) is 14.3 Å². The number of aryl methyl sites for hydroxylation is 1. The smallest absolute Gasteiger partial charge is 0.256 e. The predicted molar refractivity (Wildman–Crippen MR) is 182 cm³/mol. The first kappa shape index (κ1) is 32.2. The summed E-state index contributed by atoms with van der Waals surface area (Å²) in [7, 11) is -0.182. The number of H-pyrrole nitrogens is 1. The molecule has 2 aliphatic rings. The second-order valence-corrected chi connectivity index (χ2v) is 17.8. The number of halogens is 1. The lowest BCUT2D eigenvalue weighted by Gasteiger charge is -2.33. The van der Waals surface area contributed by atoms with Crippen molar-refractivity contribution >= 4 is 50.0 Å². The van der Waals surface area contributed by atoms with Gasteiger partial charge in [0.15, 0.2) is 0 Å². The molecule has 2 N–H and O–H groups in total. The number of aromatic amines is 1. The zero-order valence-electron chi connectivity index (χ0n) is 25.9. The number of benzene rings is 1. The molecule has 44 heavy (non-hydrogen) atoms. The van der Waals surface area contributed by atoms with Crippen LogP contribution in [-0.4, -0.2) is 78.8 Å². The van der Waals surface area contributed by atoms with E-state index in [0.717, 1.165) is 37.6 Å². The van der Waals surface area contributed by atoms with Crippen LogP contribution in [0.15, 0.2) is 41.3 Å². The number of nitrogens with zero attached hydrogens (tertiary/aromatic N) is 4. The Bertz CT molecular complexity index is 1730. The van der Waals surface area contributed by atoms with Gasteiger partial charge in [0.05, 0.1) is 24.9 Å². The van der Waals surface area contributed by atoms with Crippen LogP contribution in [0.5, 0.6) is 5.75 Å². The Kier molecular flexibility index (Phi) is 9.02. The third-order valence-electron chi connectivity index (χ3n) is 8.29. The van der Waals surface area contributed by atoms with E-state index in [4.69, 9.17) is 9.72 Å². The number of pyridine rings is 2. The van der Waals surface area contributed by atoms with E-state index < -0.39 is 18.7 Å². The lowest BCUT2D eigenvalue weighted by molar-refractivity contribution is 0.0949. The van der Waals surface area contributed by atoms with Gasteiger partial charge in [0, 0.05) is 61.7 Å². The van der Waals surface area contributed by atoms with E-state index in [1.54, 1.807) is 39.1 Å². The van der Waals surface area contributed by atoms with Crippen LogP contribution in [0, 0.1) is 6.92 Å². The van der Waals surface area contributed by atoms with Crippen molar-refractivity contribution in [3.05, 3.63) is 69.3 Å². The van der Waals surface area contributed by atoms with Gasteiger partial charge in [0.25, 0.3) is 11.5 Å². The second-order valence-electron chi connectivity index (χ2n) is 12.0. The standard InChI is InChI=1S/C31H39IN6O5S/c1-19-18-38(44(41,42)31(3,4)32)25-15-22(21-7-8-27(33-16-21)37-11-9-36(5)10-12-37)14-23(28(19)25)29(39)34-17-24-26(43-6)13-20(2)35-30(24)40/h7-8,13-16,19H,9-12,17-18H2,1-6H3,(H,34,39)(H,35,40)/t19-/m0/s1. The Morgan fingerprint density at radius 2 is 1.86 bits per heavy atom. The largest absolute Gasteiger partial charge is 0.496 e. The molecule has 0 unspecified atom stereocenters. The number of likely N-dealkylation sites (N-methyl/N-ethyl adjacent to an activating group) is 1. The summed E-state index contributed by atoms with van der Waals surface area (Å²) in [6, 6.07) is 9.26. The van der Waals surface area contributed by atoms with E-state index in [0.29, 0.717) is 39.4 Å². The van der Waals surface area contributed by atoms with Crippen molar-refractivity contribution in [3.63, 3.8) is 0 Å². The second kappa shape index (κ2) is 12.3. The van der Waals surface area contributed by atoms with Crippen molar-refractivity contribution in [3.8, 4) is 16.9 Å². The SMILES string of the molecule is COc1cc(C)[nH]c(=O)c1CNC(=O)c1cc(-c2ccc(N3CCN(C)CC3)nc2)cc2c1[C@@H](C)CN2S(=O)(=O)C(C)(C)I. The molecule has 1 aromatic carbocycles. The highest BCUT2D eigenvalue weighted by molar-refractivity contribution is 14.1. The van der Waals surface area contributed by atoms with Crippen molar-refractivity contribution in [1.29, 1.82) is 0 Å². The molecule has 0 bridgehead atoms. The third-order valence-corrected chi connectivity index (χ3v) is 12.1.